The average molecular weight is 494 g/mol. The molecule has 1 aromatic carbocycles. The average Bonchev–Trinajstić information content (AvgIpc) is 3.26. The zero-order valence-corrected chi connectivity index (χ0v) is 18.3. The largest absolute Gasteiger partial charge is 0.442 e. The van der Waals surface area contributed by atoms with Crippen LogP contribution < -0.4 is 0 Å². The molecule has 1 aliphatic heterocycles. The van der Waals surface area contributed by atoms with E-state index in [1.807, 2.05) is 56.0 Å². The molecule has 1 unspecified atom stereocenters. The summed E-state index contributed by atoms with van der Waals surface area (Å²) in [6.07, 6.45) is 6.58. The lowest BCUT2D eigenvalue weighted by molar-refractivity contribution is -0.0394. The Morgan fingerprint density at radius 1 is 1.29 bits per heavy atom. The lowest BCUT2D eigenvalue weighted by Crippen LogP contribution is -2.27. The SMILES string of the molecule is CC(C)(C)OC(=O)n1nc(I)c2ccc(-c3cnn(C4CCCCO4)c3)cc21. The zero-order valence-electron chi connectivity index (χ0n) is 16.2. The van der Waals surface area contributed by atoms with Crippen LogP contribution >= 0.6 is 22.6 Å². The van der Waals surface area contributed by atoms with Crippen molar-refractivity contribution in [3.8, 4) is 11.1 Å². The van der Waals surface area contributed by atoms with Crippen LogP contribution in [-0.2, 0) is 9.47 Å². The first-order valence-electron chi connectivity index (χ1n) is 9.39. The predicted octanol–water partition coefficient (Wildman–Crippen LogP) is 4.99. The second-order valence-electron chi connectivity index (χ2n) is 7.95. The first-order valence-corrected chi connectivity index (χ1v) is 10.5. The Bertz CT molecular complexity index is 1010. The van der Waals surface area contributed by atoms with Gasteiger partial charge in [-0.2, -0.15) is 14.9 Å². The number of nitrogens with zero attached hydrogens (tertiary/aromatic N) is 4. The Kier molecular flexibility index (Phi) is 5.17. The van der Waals surface area contributed by atoms with Gasteiger partial charge in [-0.05, 0) is 80.3 Å². The van der Waals surface area contributed by atoms with E-state index in [9.17, 15) is 4.79 Å². The molecule has 1 saturated heterocycles. The maximum absolute atomic E-state index is 12.6. The van der Waals surface area contributed by atoms with Crippen molar-refractivity contribution in [3.63, 3.8) is 0 Å². The summed E-state index contributed by atoms with van der Waals surface area (Å²) in [5.74, 6) is 0. The Labute approximate surface area is 177 Å². The Hall–Kier alpha value is -1.94. The molecular weight excluding hydrogens is 471 g/mol. The van der Waals surface area contributed by atoms with Gasteiger partial charge in [0.25, 0.3) is 0 Å². The number of carbonyl (C=O) groups is 1. The molecule has 7 nitrogen and oxygen atoms in total. The van der Waals surface area contributed by atoms with Gasteiger partial charge in [0, 0.05) is 23.8 Å². The molecular formula is C20H23IN4O3. The standard InChI is InChI=1S/C20H23IN4O3/c1-20(2,3)28-19(26)25-16-10-13(7-8-15(16)18(21)23-25)14-11-22-24(12-14)17-6-4-5-9-27-17/h7-8,10-12,17H,4-6,9H2,1-3H3. The topological polar surface area (TPSA) is 71.2 Å². The van der Waals surface area contributed by atoms with Gasteiger partial charge < -0.3 is 9.47 Å². The van der Waals surface area contributed by atoms with Crippen molar-refractivity contribution < 1.29 is 14.3 Å². The molecule has 0 N–H and O–H groups in total. The fourth-order valence-corrected chi connectivity index (χ4v) is 3.95. The fourth-order valence-electron chi connectivity index (χ4n) is 3.28. The molecule has 1 fully saturated rings. The summed E-state index contributed by atoms with van der Waals surface area (Å²) >= 11 is 2.14. The van der Waals surface area contributed by atoms with Crippen molar-refractivity contribution in [1.82, 2.24) is 19.6 Å². The molecule has 0 amide bonds. The third kappa shape index (κ3) is 3.93. The van der Waals surface area contributed by atoms with Crippen LogP contribution in [0.4, 0.5) is 4.79 Å². The highest BCUT2D eigenvalue weighted by molar-refractivity contribution is 14.1. The van der Waals surface area contributed by atoms with E-state index in [1.54, 1.807) is 0 Å². The molecule has 8 heteroatoms. The summed E-state index contributed by atoms with van der Waals surface area (Å²) in [5, 5.41) is 9.77. The van der Waals surface area contributed by atoms with Crippen molar-refractivity contribution in [1.29, 1.82) is 0 Å². The predicted molar refractivity (Wildman–Crippen MR) is 114 cm³/mol. The van der Waals surface area contributed by atoms with Crippen molar-refractivity contribution in [2.24, 2.45) is 0 Å². The van der Waals surface area contributed by atoms with Gasteiger partial charge >= 0.3 is 6.09 Å². The highest BCUT2D eigenvalue weighted by Gasteiger charge is 2.22. The van der Waals surface area contributed by atoms with Gasteiger partial charge in [-0.25, -0.2) is 9.48 Å². The molecule has 1 aliphatic rings. The van der Waals surface area contributed by atoms with E-state index in [1.165, 1.54) is 4.68 Å². The molecule has 0 spiro atoms. The highest BCUT2D eigenvalue weighted by Crippen LogP contribution is 2.29. The van der Waals surface area contributed by atoms with Crippen LogP contribution in [0.5, 0.6) is 0 Å². The van der Waals surface area contributed by atoms with Gasteiger partial charge in [0.2, 0.25) is 0 Å². The number of benzene rings is 1. The lowest BCUT2D eigenvalue weighted by atomic mass is 10.1. The number of hydrogen-bond acceptors (Lipinski definition) is 5. The maximum Gasteiger partial charge on any atom is 0.435 e. The molecule has 4 rings (SSSR count). The minimum atomic E-state index is -0.584. The Balaban J connectivity index is 1.68. The van der Waals surface area contributed by atoms with Gasteiger partial charge in [0.1, 0.15) is 15.5 Å². The Morgan fingerprint density at radius 3 is 2.82 bits per heavy atom. The zero-order chi connectivity index (χ0) is 19.9. The van der Waals surface area contributed by atoms with Crippen LogP contribution in [0.1, 0.15) is 46.3 Å². The number of rotatable bonds is 2. The number of halogens is 1. The van der Waals surface area contributed by atoms with Crippen LogP contribution in [0.15, 0.2) is 30.6 Å². The molecule has 3 aromatic rings. The number of fused-ring (bicyclic) bond motifs is 1. The van der Waals surface area contributed by atoms with E-state index in [0.717, 1.165) is 51.6 Å². The molecule has 0 radical (unpaired) electrons. The number of ether oxygens (including phenoxy) is 2. The number of carbonyl (C=O) groups excluding carboxylic acids is 1. The number of hydrogen-bond donors (Lipinski definition) is 0. The lowest BCUT2D eigenvalue weighted by Gasteiger charge is -2.22. The van der Waals surface area contributed by atoms with Crippen molar-refractivity contribution in [2.45, 2.75) is 51.9 Å². The third-order valence-corrected chi connectivity index (χ3v) is 5.38. The van der Waals surface area contributed by atoms with Crippen LogP contribution in [0.25, 0.3) is 22.0 Å². The number of aromatic nitrogens is 4. The van der Waals surface area contributed by atoms with Crippen molar-refractivity contribution in [3.05, 3.63) is 34.3 Å². The minimum absolute atomic E-state index is 0.000490. The second kappa shape index (κ2) is 7.47. The van der Waals surface area contributed by atoms with Gasteiger partial charge in [0.05, 0.1) is 11.7 Å². The van der Waals surface area contributed by atoms with Gasteiger partial charge in [0.15, 0.2) is 0 Å². The van der Waals surface area contributed by atoms with Gasteiger partial charge in [-0.1, -0.05) is 6.07 Å². The molecule has 0 bridgehead atoms. The van der Waals surface area contributed by atoms with E-state index in [2.05, 4.69) is 32.8 Å². The van der Waals surface area contributed by atoms with Crippen molar-refractivity contribution >= 4 is 39.6 Å². The quantitative estimate of drug-likeness (QED) is 0.470. The molecule has 0 aliphatic carbocycles. The molecule has 2 aromatic heterocycles. The normalized spacial score (nSPS) is 17.8. The van der Waals surface area contributed by atoms with Crippen LogP contribution in [0.2, 0.25) is 0 Å². The van der Waals surface area contributed by atoms with E-state index in [-0.39, 0.29) is 6.23 Å². The maximum atomic E-state index is 12.6. The summed E-state index contributed by atoms with van der Waals surface area (Å²) in [5.41, 5.74) is 2.08. The van der Waals surface area contributed by atoms with Crippen molar-refractivity contribution in [2.75, 3.05) is 6.61 Å². The summed E-state index contributed by atoms with van der Waals surface area (Å²) in [6, 6.07) is 5.96. The molecule has 148 valence electrons. The van der Waals surface area contributed by atoms with Crippen LogP contribution in [-0.4, -0.2) is 37.9 Å². The Morgan fingerprint density at radius 2 is 2.11 bits per heavy atom. The van der Waals surface area contributed by atoms with E-state index >= 15 is 0 Å². The van der Waals surface area contributed by atoms with Gasteiger partial charge in [-0.3, -0.25) is 0 Å². The van der Waals surface area contributed by atoms with E-state index < -0.39 is 11.7 Å². The van der Waals surface area contributed by atoms with E-state index in [0.29, 0.717) is 0 Å². The van der Waals surface area contributed by atoms with Gasteiger partial charge in [-0.15, -0.1) is 0 Å². The minimum Gasteiger partial charge on any atom is -0.442 e. The highest BCUT2D eigenvalue weighted by atomic mass is 127. The molecule has 0 saturated carbocycles. The van der Waals surface area contributed by atoms with Crippen LogP contribution in [0, 0.1) is 3.70 Å². The molecule has 1 atom stereocenters. The summed E-state index contributed by atoms with van der Waals surface area (Å²) in [4.78, 5) is 12.6. The summed E-state index contributed by atoms with van der Waals surface area (Å²) < 4.78 is 15.3. The molecule has 3 heterocycles. The third-order valence-electron chi connectivity index (χ3n) is 4.59. The summed E-state index contributed by atoms with van der Waals surface area (Å²) in [6.45, 7) is 6.30. The second-order valence-corrected chi connectivity index (χ2v) is 8.97. The summed E-state index contributed by atoms with van der Waals surface area (Å²) in [7, 11) is 0. The smallest absolute Gasteiger partial charge is 0.435 e. The van der Waals surface area contributed by atoms with E-state index in [4.69, 9.17) is 9.47 Å². The monoisotopic (exact) mass is 494 g/mol. The van der Waals surface area contributed by atoms with Crippen LogP contribution in [0.3, 0.4) is 0 Å². The first-order chi connectivity index (χ1) is 13.3. The molecule has 28 heavy (non-hydrogen) atoms. The fraction of sp³-hybridized carbons (Fsp3) is 0.450. The first kappa shape index (κ1) is 19.4.